The SMILES string of the molecule is C#CC(=O)N(c1ccccc1C(=O)OC)C(C(=O)NC1CCCCC1)c1cccs1. The van der Waals surface area contributed by atoms with E-state index in [0.717, 1.165) is 32.1 Å². The fourth-order valence-corrected chi connectivity index (χ4v) is 4.56. The van der Waals surface area contributed by atoms with Crippen LogP contribution < -0.4 is 10.2 Å². The Morgan fingerprint density at radius 2 is 1.90 bits per heavy atom. The van der Waals surface area contributed by atoms with Gasteiger partial charge in [-0.05, 0) is 42.3 Å². The molecule has 0 bridgehead atoms. The Morgan fingerprint density at radius 3 is 2.53 bits per heavy atom. The van der Waals surface area contributed by atoms with Crippen molar-refractivity contribution in [2.45, 2.75) is 44.2 Å². The summed E-state index contributed by atoms with van der Waals surface area (Å²) >= 11 is 1.35. The molecule has 7 heteroatoms. The van der Waals surface area contributed by atoms with Crippen molar-refractivity contribution in [3.63, 3.8) is 0 Å². The Kier molecular flexibility index (Phi) is 7.26. The number of hydrogen-bond donors (Lipinski definition) is 1. The third kappa shape index (κ3) is 4.71. The molecule has 1 heterocycles. The average molecular weight is 425 g/mol. The van der Waals surface area contributed by atoms with E-state index in [-0.39, 0.29) is 23.2 Å². The number of carbonyl (C=O) groups is 3. The van der Waals surface area contributed by atoms with Gasteiger partial charge in [-0.15, -0.1) is 17.8 Å². The van der Waals surface area contributed by atoms with Gasteiger partial charge in [-0.2, -0.15) is 0 Å². The van der Waals surface area contributed by atoms with E-state index < -0.39 is 17.9 Å². The lowest BCUT2D eigenvalue weighted by Gasteiger charge is -2.32. The van der Waals surface area contributed by atoms with Crippen molar-refractivity contribution in [1.82, 2.24) is 5.32 Å². The number of terminal acetylenes is 1. The maximum atomic E-state index is 13.4. The van der Waals surface area contributed by atoms with E-state index in [0.29, 0.717) is 4.88 Å². The monoisotopic (exact) mass is 424 g/mol. The summed E-state index contributed by atoms with van der Waals surface area (Å²) in [4.78, 5) is 40.5. The summed E-state index contributed by atoms with van der Waals surface area (Å²) in [5.41, 5.74) is 0.403. The molecule has 1 aromatic carbocycles. The van der Waals surface area contributed by atoms with Crippen molar-refractivity contribution in [2.75, 3.05) is 12.0 Å². The van der Waals surface area contributed by atoms with Gasteiger partial charge in [0.05, 0.1) is 18.4 Å². The van der Waals surface area contributed by atoms with Gasteiger partial charge in [0.15, 0.2) is 6.04 Å². The fraction of sp³-hybridized carbons (Fsp3) is 0.348. The number of methoxy groups -OCH3 is 1. The third-order valence-corrected chi connectivity index (χ3v) is 6.11. The van der Waals surface area contributed by atoms with Gasteiger partial charge in [-0.1, -0.05) is 37.5 Å². The maximum Gasteiger partial charge on any atom is 0.339 e. The molecule has 1 N–H and O–H groups in total. The van der Waals surface area contributed by atoms with Crippen molar-refractivity contribution in [2.24, 2.45) is 0 Å². The number of nitrogens with one attached hydrogen (secondary N) is 1. The topological polar surface area (TPSA) is 75.7 Å². The van der Waals surface area contributed by atoms with Crippen LogP contribution in [0.25, 0.3) is 0 Å². The number of anilines is 1. The molecule has 3 rings (SSSR count). The molecular formula is C23H24N2O4S. The molecule has 1 saturated carbocycles. The van der Waals surface area contributed by atoms with Crippen molar-refractivity contribution >= 4 is 34.8 Å². The molecule has 1 fully saturated rings. The van der Waals surface area contributed by atoms with Crippen LogP contribution in [0.1, 0.15) is 53.4 Å². The predicted octanol–water partition coefficient (Wildman–Crippen LogP) is 3.69. The van der Waals surface area contributed by atoms with Gasteiger partial charge >= 0.3 is 11.9 Å². The number of para-hydroxylation sites is 1. The normalized spacial score (nSPS) is 14.9. The molecule has 156 valence electrons. The van der Waals surface area contributed by atoms with Crippen LogP contribution in [0.4, 0.5) is 5.69 Å². The molecule has 2 amide bonds. The zero-order chi connectivity index (χ0) is 21.5. The molecule has 0 radical (unpaired) electrons. The second-order valence-corrected chi connectivity index (χ2v) is 8.07. The average Bonchev–Trinajstić information content (AvgIpc) is 3.31. The summed E-state index contributed by atoms with van der Waals surface area (Å²) in [5, 5.41) is 4.92. The Bertz CT molecular complexity index is 942. The van der Waals surface area contributed by atoms with Gasteiger partial charge in [0.1, 0.15) is 0 Å². The minimum absolute atomic E-state index is 0.0624. The Labute approximate surface area is 180 Å². The van der Waals surface area contributed by atoms with E-state index in [4.69, 9.17) is 11.2 Å². The van der Waals surface area contributed by atoms with Gasteiger partial charge in [0.2, 0.25) is 5.91 Å². The zero-order valence-corrected chi connectivity index (χ0v) is 17.6. The minimum Gasteiger partial charge on any atom is -0.465 e. The minimum atomic E-state index is -0.985. The lowest BCUT2D eigenvalue weighted by molar-refractivity contribution is -0.125. The summed E-state index contributed by atoms with van der Waals surface area (Å²) in [7, 11) is 1.26. The third-order valence-electron chi connectivity index (χ3n) is 5.18. The number of carbonyl (C=O) groups excluding carboxylic acids is 3. The fourth-order valence-electron chi connectivity index (χ4n) is 3.75. The molecule has 30 heavy (non-hydrogen) atoms. The second kappa shape index (κ2) is 10.1. The summed E-state index contributed by atoms with van der Waals surface area (Å²) in [5.74, 6) is 0.478. The first-order valence-corrected chi connectivity index (χ1v) is 10.8. The standard InChI is InChI=1S/C23H24N2O4S/c1-3-20(26)25(18-13-8-7-12-17(18)23(28)29-2)21(19-14-9-15-30-19)22(27)24-16-10-5-4-6-11-16/h1,7-9,12-16,21H,4-6,10-11H2,2H3,(H,24,27). The maximum absolute atomic E-state index is 13.4. The van der Waals surface area contributed by atoms with Crippen molar-refractivity contribution in [3.8, 4) is 12.3 Å². The van der Waals surface area contributed by atoms with E-state index >= 15 is 0 Å². The molecule has 0 aliphatic heterocycles. The lowest BCUT2D eigenvalue weighted by atomic mass is 9.95. The second-order valence-electron chi connectivity index (χ2n) is 7.09. The van der Waals surface area contributed by atoms with Crippen LogP contribution >= 0.6 is 11.3 Å². The highest BCUT2D eigenvalue weighted by Crippen LogP contribution is 2.33. The van der Waals surface area contributed by atoms with Gasteiger partial charge in [0.25, 0.3) is 0 Å². The number of esters is 1. The summed E-state index contributed by atoms with van der Waals surface area (Å²) in [6.45, 7) is 0. The van der Waals surface area contributed by atoms with Gasteiger partial charge < -0.3 is 10.1 Å². The number of nitrogens with zero attached hydrogens (tertiary/aromatic N) is 1. The molecule has 0 saturated heterocycles. The quantitative estimate of drug-likeness (QED) is 0.567. The Hall–Kier alpha value is -3.11. The highest BCUT2D eigenvalue weighted by atomic mass is 32.1. The molecular weight excluding hydrogens is 400 g/mol. The smallest absolute Gasteiger partial charge is 0.339 e. The first kappa shape index (κ1) is 21.6. The number of hydrogen-bond acceptors (Lipinski definition) is 5. The van der Waals surface area contributed by atoms with Crippen LogP contribution in [0.2, 0.25) is 0 Å². The van der Waals surface area contributed by atoms with Crippen LogP contribution in [-0.2, 0) is 14.3 Å². The van der Waals surface area contributed by atoms with Crippen molar-refractivity contribution < 1.29 is 19.1 Å². The molecule has 1 aromatic heterocycles. The van der Waals surface area contributed by atoms with Gasteiger partial charge in [-0.3, -0.25) is 14.5 Å². The van der Waals surface area contributed by atoms with E-state index in [1.165, 1.54) is 23.3 Å². The molecule has 2 aromatic rings. The van der Waals surface area contributed by atoms with E-state index in [1.807, 2.05) is 11.4 Å². The molecule has 6 nitrogen and oxygen atoms in total. The highest BCUT2D eigenvalue weighted by molar-refractivity contribution is 7.10. The number of amides is 2. The molecule has 1 unspecified atom stereocenters. The van der Waals surface area contributed by atoms with Crippen molar-refractivity contribution in [3.05, 3.63) is 52.2 Å². The number of thiophene rings is 1. The van der Waals surface area contributed by atoms with Crippen LogP contribution in [0.15, 0.2) is 41.8 Å². The first-order valence-electron chi connectivity index (χ1n) is 9.87. The van der Waals surface area contributed by atoms with Crippen LogP contribution in [-0.4, -0.2) is 30.9 Å². The Balaban J connectivity index is 2.06. The molecule has 1 aliphatic carbocycles. The van der Waals surface area contributed by atoms with Crippen LogP contribution in [0.5, 0.6) is 0 Å². The highest BCUT2D eigenvalue weighted by Gasteiger charge is 2.36. The van der Waals surface area contributed by atoms with Crippen LogP contribution in [0, 0.1) is 12.3 Å². The van der Waals surface area contributed by atoms with Crippen molar-refractivity contribution in [1.29, 1.82) is 0 Å². The first-order chi connectivity index (χ1) is 14.6. The lowest BCUT2D eigenvalue weighted by Crippen LogP contribution is -2.47. The summed E-state index contributed by atoms with van der Waals surface area (Å²) < 4.78 is 4.87. The number of rotatable bonds is 6. The number of ether oxygens (including phenoxy) is 1. The number of benzene rings is 1. The molecule has 0 spiro atoms. The van der Waals surface area contributed by atoms with Gasteiger partial charge in [0, 0.05) is 10.9 Å². The Morgan fingerprint density at radius 1 is 1.17 bits per heavy atom. The van der Waals surface area contributed by atoms with Gasteiger partial charge in [-0.25, -0.2) is 4.79 Å². The predicted molar refractivity (Wildman–Crippen MR) is 116 cm³/mol. The van der Waals surface area contributed by atoms with E-state index in [2.05, 4.69) is 11.2 Å². The van der Waals surface area contributed by atoms with E-state index in [9.17, 15) is 14.4 Å². The molecule has 1 aliphatic rings. The largest absolute Gasteiger partial charge is 0.465 e. The van der Waals surface area contributed by atoms with Crippen LogP contribution in [0.3, 0.4) is 0 Å². The zero-order valence-electron chi connectivity index (χ0n) is 16.8. The summed E-state index contributed by atoms with van der Waals surface area (Å²) in [6.07, 6.45) is 10.6. The summed E-state index contributed by atoms with van der Waals surface area (Å²) in [6, 6.07) is 9.16. The van der Waals surface area contributed by atoms with E-state index in [1.54, 1.807) is 30.3 Å². The molecule has 1 atom stereocenters.